The predicted molar refractivity (Wildman–Crippen MR) is 43.0 cm³/mol. The molecule has 0 rings (SSSR count). The van der Waals surface area contributed by atoms with Crippen LogP contribution in [0.3, 0.4) is 0 Å². The van der Waals surface area contributed by atoms with Gasteiger partial charge in [0.15, 0.2) is 0 Å². The van der Waals surface area contributed by atoms with Crippen LogP contribution in [0.15, 0.2) is 0 Å². The zero-order valence-corrected chi connectivity index (χ0v) is 6.97. The third kappa shape index (κ3) is 6.01. The largest absolute Gasteiger partial charge is 0.380 e. The number of rotatable bonds is 6. The van der Waals surface area contributed by atoms with Crippen LogP contribution in [0.5, 0.6) is 0 Å². The molecular weight excluding hydrogens is 128 g/mol. The Hall–Kier alpha value is -0.120. The van der Waals surface area contributed by atoms with Gasteiger partial charge >= 0.3 is 0 Å². The maximum atomic E-state index is 5.35. The average Bonchev–Trinajstić information content (AvgIpc) is 1.89. The van der Waals surface area contributed by atoms with E-state index >= 15 is 0 Å². The van der Waals surface area contributed by atoms with Crippen LogP contribution < -0.4 is 5.73 Å². The molecule has 62 valence electrons. The Labute approximate surface area is 63.1 Å². The Bertz CT molecular complexity index is 68.6. The summed E-state index contributed by atoms with van der Waals surface area (Å²) in [6.07, 6.45) is 0. The number of hydrogen-bond donors (Lipinski definition) is 1. The summed E-state index contributed by atoms with van der Waals surface area (Å²) in [7, 11) is 2.05. The molecule has 0 bridgehead atoms. The molecule has 0 aliphatic heterocycles. The third-order valence-corrected chi connectivity index (χ3v) is 1.33. The number of nitrogens with zero attached hydrogens (tertiary/aromatic N) is 1. The lowest BCUT2D eigenvalue weighted by Gasteiger charge is -2.14. The summed E-state index contributed by atoms with van der Waals surface area (Å²) < 4.78 is 5.17. The highest BCUT2D eigenvalue weighted by atomic mass is 16.5. The van der Waals surface area contributed by atoms with Gasteiger partial charge in [0.1, 0.15) is 0 Å². The highest BCUT2D eigenvalue weighted by molar-refractivity contribution is 4.49. The molecule has 0 radical (unpaired) electrons. The maximum Gasteiger partial charge on any atom is 0.0593 e. The van der Waals surface area contributed by atoms with Gasteiger partial charge in [0.05, 0.1) is 6.61 Å². The normalized spacial score (nSPS) is 10.8. The zero-order chi connectivity index (χ0) is 7.82. The van der Waals surface area contributed by atoms with Crippen molar-refractivity contribution < 1.29 is 4.74 Å². The molecule has 0 saturated carbocycles. The SMILES string of the molecule is CCOCCN(C)CCN. The molecule has 0 unspecified atom stereocenters. The molecule has 3 nitrogen and oxygen atoms in total. The summed E-state index contributed by atoms with van der Waals surface area (Å²) in [6.45, 7) is 6.27. The van der Waals surface area contributed by atoms with Crippen LogP contribution in [0, 0.1) is 0 Å². The minimum Gasteiger partial charge on any atom is -0.380 e. The fourth-order valence-electron chi connectivity index (χ4n) is 0.697. The van der Waals surface area contributed by atoms with E-state index < -0.39 is 0 Å². The Kier molecular flexibility index (Phi) is 6.91. The summed E-state index contributed by atoms with van der Waals surface area (Å²) in [6, 6.07) is 0. The molecule has 0 aliphatic carbocycles. The van der Waals surface area contributed by atoms with Crippen molar-refractivity contribution in [2.75, 3.05) is 39.9 Å². The standard InChI is InChI=1S/C7H18N2O/c1-3-10-7-6-9(2)5-4-8/h3-8H2,1-2H3. The van der Waals surface area contributed by atoms with Gasteiger partial charge in [-0.25, -0.2) is 0 Å². The number of hydrogen-bond acceptors (Lipinski definition) is 3. The fourth-order valence-corrected chi connectivity index (χ4v) is 0.697. The molecule has 0 aromatic rings. The van der Waals surface area contributed by atoms with Crippen molar-refractivity contribution >= 4 is 0 Å². The average molecular weight is 146 g/mol. The van der Waals surface area contributed by atoms with Gasteiger partial charge in [-0.15, -0.1) is 0 Å². The lowest BCUT2D eigenvalue weighted by Crippen LogP contribution is -2.28. The monoisotopic (exact) mass is 146 g/mol. The Morgan fingerprint density at radius 3 is 2.60 bits per heavy atom. The van der Waals surface area contributed by atoms with Crippen LogP contribution in [0.1, 0.15) is 6.92 Å². The molecule has 2 N–H and O–H groups in total. The molecule has 0 aliphatic rings. The van der Waals surface area contributed by atoms with E-state index in [0.717, 1.165) is 32.8 Å². The van der Waals surface area contributed by atoms with E-state index in [1.165, 1.54) is 0 Å². The molecule has 0 spiro atoms. The topological polar surface area (TPSA) is 38.5 Å². The third-order valence-electron chi connectivity index (χ3n) is 1.33. The van der Waals surface area contributed by atoms with E-state index in [-0.39, 0.29) is 0 Å². The first-order valence-corrected chi connectivity index (χ1v) is 3.77. The number of nitrogens with two attached hydrogens (primary N) is 1. The van der Waals surface area contributed by atoms with Crippen LogP contribution in [-0.4, -0.2) is 44.8 Å². The van der Waals surface area contributed by atoms with Gasteiger partial charge in [0.25, 0.3) is 0 Å². The van der Waals surface area contributed by atoms with Gasteiger partial charge in [0, 0.05) is 26.2 Å². The minimum absolute atomic E-state index is 0.725. The minimum atomic E-state index is 0.725. The van der Waals surface area contributed by atoms with Crippen molar-refractivity contribution in [2.45, 2.75) is 6.92 Å². The van der Waals surface area contributed by atoms with Crippen LogP contribution in [0.2, 0.25) is 0 Å². The van der Waals surface area contributed by atoms with Gasteiger partial charge in [-0.3, -0.25) is 0 Å². The summed E-state index contributed by atoms with van der Waals surface area (Å²) in [4.78, 5) is 2.16. The van der Waals surface area contributed by atoms with Gasteiger partial charge in [-0.05, 0) is 14.0 Å². The second kappa shape index (κ2) is 6.99. The summed E-state index contributed by atoms with van der Waals surface area (Å²) in [5.74, 6) is 0. The molecule has 0 heterocycles. The lowest BCUT2D eigenvalue weighted by molar-refractivity contribution is 0.123. The smallest absolute Gasteiger partial charge is 0.0593 e. The number of ether oxygens (including phenoxy) is 1. The quantitative estimate of drug-likeness (QED) is 0.532. The van der Waals surface area contributed by atoms with E-state index in [4.69, 9.17) is 10.5 Å². The van der Waals surface area contributed by atoms with Gasteiger partial charge in [-0.1, -0.05) is 0 Å². The van der Waals surface area contributed by atoms with E-state index in [1.54, 1.807) is 0 Å². The molecule has 10 heavy (non-hydrogen) atoms. The van der Waals surface area contributed by atoms with Crippen molar-refractivity contribution in [3.05, 3.63) is 0 Å². The second-order valence-corrected chi connectivity index (χ2v) is 2.29. The first-order valence-electron chi connectivity index (χ1n) is 3.77. The predicted octanol–water partition coefficient (Wildman–Crippen LogP) is -0.0866. The van der Waals surface area contributed by atoms with Crippen LogP contribution >= 0.6 is 0 Å². The van der Waals surface area contributed by atoms with Crippen molar-refractivity contribution in [2.24, 2.45) is 5.73 Å². The Morgan fingerprint density at radius 2 is 2.10 bits per heavy atom. The van der Waals surface area contributed by atoms with Crippen LogP contribution in [0.25, 0.3) is 0 Å². The van der Waals surface area contributed by atoms with E-state index in [0.29, 0.717) is 0 Å². The molecule has 0 aromatic carbocycles. The van der Waals surface area contributed by atoms with Crippen LogP contribution in [-0.2, 0) is 4.74 Å². The molecule has 0 fully saturated rings. The van der Waals surface area contributed by atoms with E-state index in [1.807, 2.05) is 14.0 Å². The lowest BCUT2D eigenvalue weighted by atomic mass is 10.5. The van der Waals surface area contributed by atoms with Crippen LogP contribution in [0.4, 0.5) is 0 Å². The first kappa shape index (κ1) is 9.88. The fraction of sp³-hybridized carbons (Fsp3) is 1.00. The van der Waals surface area contributed by atoms with E-state index in [2.05, 4.69) is 4.90 Å². The maximum absolute atomic E-state index is 5.35. The Morgan fingerprint density at radius 1 is 1.40 bits per heavy atom. The summed E-state index contributed by atoms with van der Waals surface area (Å²) in [5.41, 5.74) is 5.35. The van der Waals surface area contributed by atoms with Gasteiger partial charge in [-0.2, -0.15) is 0 Å². The highest BCUT2D eigenvalue weighted by Crippen LogP contribution is 1.80. The Balaban J connectivity index is 2.97. The highest BCUT2D eigenvalue weighted by Gasteiger charge is 1.93. The zero-order valence-electron chi connectivity index (χ0n) is 6.97. The van der Waals surface area contributed by atoms with E-state index in [9.17, 15) is 0 Å². The number of likely N-dealkylation sites (N-methyl/N-ethyl adjacent to an activating group) is 1. The van der Waals surface area contributed by atoms with Crippen molar-refractivity contribution in [1.29, 1.82) is 0 Å². The molecule has 0 saturated heterocycles. The van der Waals surface area contributed by atoms with Gasteiger partial charge in [0.2, 0.25) is 0 Å². The van der Waals surface area contributed by atoms with Crippen molar-refractivity contribution in [3.8, 4) is 0 Å². The molecule has 0 aromatic heterocycles. The second-order valence-electron chi connectivity index (χ2n) is 2.29. The van der Waals surface area contributed by atoms with Gasteiger partial charge < -0.3 is 15.4 Å². The molecule has 0 atom stereocenters. The molecule has 3 heteroatoms. The van der Waals surface area contributed by atoms with Crippen molar-refractivity contribution in [3.63, 3.8) is 0 Å². The summed E-state index contributed by atoms with van der Waals surface area (Å²) >= 11 is 0. The molecule has 0 amide bonds. The van der Waals surface area contributed by atoms with Crippen molar-refractivity contribution in [1.82, 2.24) is 4.90 Å². The summed E-state index contributed by atoms with van der Waals surface area (Å²) in [5, 5.41) is 0. The first-order chi connectivity index (χ1) is 4.81. The molecular formula is C7H18N2O.